The van der Waals surface area contributed by atoms with Crippen molar-refractivity contribution in [2.24, 2.45) is 0 Å². The lowest BCUT2D eigenvalue weighted by Gasteiger charge is -2.10. The zero-order valence-corrected chi connectivity index (χ0v) is 17.0. The number of ether oxygens (including phenoxy) is 1. The summed E-state index contributed by atoms with van der Waals surface area (Å²) in [5.74, 6) is 2.55. The molecule has 0 aliphatic heterocycles. The van der Waals surface area contributed by atoms with Crippen LogP contribution in [0, 0.1) is 0 Å². The van der Waals surface area contributed by atoms with Gasteiger partial charge < -0.3 is 4.74 Å². The SMILES string of the molecule is FC(F)Oc1ccc(-n2nnnc2CSc2nnc(C3CC3)n2-c2ccccc2)cc1. The highest BCUT2D eigenvalue weighted by atomic mass is 32.2. The van der Waals surface area contributed by atoms with Gasteiger partial charge in [-0.1, -0.05) is 30.0 Å². The molecule has 0 spiro atoms. The van der Waals surface area contributed by atoms with E-state index < -0.39 is 6.61 Å². The number of rotatable bonds is 8. The van der Waals surface area contributed by atoms with Crippen LogP contribution in [0.5, 0.6) is 5.75 Å². The zero-order chi connectivity index (χ0) is 21.2. The van der Waals surface area contributed by atoms with Gasteiger partial charge in [0.1, 0.15) is 11.6 Å². The van der Waals surface area contributed by atoms with E-state index in [2.05, 4.69) is 35.0 Å². The Bertz CT molecular complexity index is 1160. The number of thioether (sulfide) groups is 1. The van der Waals surface area contributed by atoms with Crippen molar-refractivity contribution in [2.45, 2.75) is 36.3 Å². The standard InChI is InChI=1S/C20H17F2N7OS/c21-19(22)30-16-10-8-15(9-11-16)29-17(23-26-27-29)12-31-20-25-24-18(13-6-7-13)28(20)14-4-2-1-3-5-14/h1-5,8-11,13,19H,6-7,12H2. The van der Waals surface area contributed by atoms with E-state index in [1.807, 2.05) is 30.3 Å². The summed E-state index contributed by atoms with van der Waals surface area (Å²) in [6.07, 6.45) is 2.25. The molecule has 158 valence electrons. The molecule has 1 aliphatic carbocycles. The normalized spacial score (nSPS) is 13.6. The first kappa shape index (κ1) is 19.6. The summed E-state index contributed by atoms with van der Waals surface area (Å²) in [6.45, 7) is -2.87. The van der Waals surface area contributed by atoms with Crippen molar-refractivity contribution < 1.29 is 13.5 Å². The number of tetrazole rings is 1. The Hall–Kier alpha value is -3.34. The van der Waals surface area contributed by atoms with E-state index >= 15 is 0 Å². The van der Waals surface area contributed by atoms with Crippen molar-refractivity contribution in [1.29, 1.82) is 0 Å². The average Bonchev–Trinajstić information content (AvgIpc) is 3.36. The third-order valence-electron chi connectivity index (χ3n) is 4.79. The molecule has 0 unspecified atom stereocenters. The molecule has 1 saturated carbocycles. The van der Waals surface area contributed by atoms with Crippen LogP contribution in [-0.4, -0.2) is 41.6 Å². The fourth-order valence-corrected chi connectivity index (χ4v) is 4.06. The van der Waals surface area contributed by atoms with Crippen LogP contribution < -0.4 is 4.74 Å². The molecule has 11 heteroatoms. The first-order valence-corrected chi connectivity index (χ1v) is 10.6. The predicted molar refractivity (Wildman–Crippen MR) is 109 cm³/mol. The number of alkyl halides is 2. The third-order valence-corrected chi connectivity index (χ3v) is 5.71. The molecule has 0 atom stereocenters. The van der Waals surface area contributed by atoms with Crippen LogP contribution in [-0.2, 0) is 5.75 Å². The van der Waals surface area contributed by atoms with Crippen molar-refractivity contribution in [3.05, 3.63) is 66.2 Å². The number of para-hydroxylation sites is 1. The van der Waals surface area contributed by atoms with E-state index in [0.717, 1.165) is 29.5 Å². The van der Waals surface area contributed by atoms with Crippen LogP contribution in [0.25, 0.3) is 11.4 Å². The largest absolute Gasteiger partial charge is 0.435 e. The maximum Gasteiger partial charge on any atom is 0.387 e. The Morgan fingerprint density at radius 3 is 2.45 bits per heavy atom. The van der Waals surface area contributed by atoms with E-state index in [9.17, 15) is 8.78 Å². The Morgan fingerprint density at radius 1 is 0.968 bits per heavy atom. The summed E-state index contributed by atoms with van der Waals surface area (Å²) < 4.78 is 32.7. The lowest BCUT2D eigenvalue weighted by molar-refractivity contribution is -0.0498. The van der Waals surface area contributed by atoms with Crippen LogP contribution in [0.2, 0.25) is 0 Å². The van der Waals surface area contributed by atoms with Gasteiger partial charge in [0.05, 0.1) is 11.4 Å². The van der Waals surface area contributed by atoms with Gasteiger partial charge in [-0.2, -0.15) is 13.5 Å². The predicted octanol–water partition coefficient (Wildman–Crippen LogP) is 4.01. The molecular formula is C20H17F2N7OS. The Kier molecular flexibility index (Phi) is 5.33. The second kappa shape index (κ2) is 8.42. The third kappa shape index (κ3) is 4.26. The van der Waals surface area contributed by atoms with Crippen LogP contribution in [0.1, 0.15) is 30.4 Å². The van der Waals surface area contributed by atoms with Gasteiger partial charge in [-0.05, 0) is 59.7 Å². The molecule has 1 aliphatic rings. The molecule has 0 amide bonds. The Labute approximate surface area is 180 Å². The average molecular weight is 441 g/mol. The lowest BCUT2D eigenvalue weighted by Crippen LogP contribution is -2.05. The van der Waals surface area contributed by atoms with Gasteiger partial charge in [0.2, 0.25) is 0 Å². The maximum atomic E-state index is 12.4. The summed E-state index contributed by atoms with van der Waals surface area (Å²) in [6, 6.07) is 16.2. The number of aromatic nitrogens is 7. The zero-order valence-electron chi connectivity index (χ0n) is 16.2. The number of halogens is 2. The molecule has 31 heavy (non-hydrogen) atoms. The van der Waals surface area contributed by atoms with Gasteiger partial charge >= 0.3 is 6.61 Å². The minimum absolute atomic E-state index is 0.0753. The summed E-state index contributed by atoms with van der Waals surface area (Å²) in [5, 5.41) is 21.5. The molecule has 8 nitrogen and oxygen atoms in total. The number of benzene rings is 2. The first-order valence-electron chi connectivity index (χ1n) is 9.65. The van der Waals surface area contributed by atoms with Gasteiger partial charge in [0, 0.05) is 11.6 Å². The van der Waals surface area contributed by atoms with Crippen LogP contribution in [0.15, 0.2) is 59.8 Å². The highest BCUT2D eigenvalue weighted by molar-refractivity contribution is 7.98. The van der Waals surface area contributed by atoms with Gasteiger partial charge in [-0.25, -0.2) is 0 Å². The molecule has 2 aromatic carbocycles. The van der Waals surface area contributed by atoms with Crippen molar-refractivity contribution in [3.63, 3.8) is 0 Å². The molecule has 5 rings (SSSR count). The molecule has 0 radical (unpaired) electrons. The summed E-state index contributed by atoms with van der Waals surface area (Å²) in [4.78, 5) is 0. The second-order valence-corrected chi connectivity index (χ2v) is 7.90. The Morgan fingerprint density at radius 2 is 1.74 bits per heavy atom. The van der Waals surface area contributed by atoms with Crippen LogP contribution >= 0.6 is 11.8 Å². The van der Waals surface area contributed by atoms with Gasteiger partial charge in [0.15, 0.2) is 11.0 Å². The topological polar surface area (TPSA) is 83.5 Å². The number of nitrogens with zero attached hydrogens (tertiary/aromatic N) is 7. The van der Waals surface area contributed by atoms with Crippen LogP contribution in [0.3, 0.4) is 0 Å². The lowest BCUT2D eigenvalue weighted by atomic mass is 10.3. The van der Waals surface area contributed by atoms with Crippen molar-refractivity contribution in [1.82, 2.24) is 35.0 Å². The van der Waals surface area contributed by atoms with E-state index in [1.54, 1.807) is 16.8 Å². The highest BCUT2D eigenvalue weighted by Crippen LogP contribution is 2.41. The Balaban J connectivity index is 1.37. The van der Waals surface area contributed by atoms with Gasteiger partial charge in [0.25, 0.3) is 0 Å². The molecular weight excluding hydrogens is 424 g/mol. The second-order valence-electron chi connectivity index (χ2n) is 6.95. The van der Waals surface area contributed by atoms with Gasteiger partial charge in [-0.15, -0.1) is 15.3 Å². The highest BCUT2D eigenvalue weighted by Gasteiger charge is 2.31. The molecule has 1 fully saturated rings. The minimum atomic E-state index is -2.87. The fourth-order valence-electron chi connectivity index (χ4n) is 3.19. The smallest absolute Gasteiger partial charge is 0.387 e. The van der Waals surface area contributed by atoms with E-state index in [1.165, 1.54) is 23.9 Å². The van der Waals surface area contributed by atoms with Crippen molar-refractivity contribution in [3.8, 4) is 17.1 Å². The molecule has 2 aromatic heterocycles. The first-order chi connectivity index (χ1) is 15.2. The summed E-state index contributed by atoms with van der Waals surface area (Å²) >= 11 is 1.49. The summed E-state index contributed by atoms with van der Waals surface area (Å²) in [5.41, 5.74) is 1.66. The van der Waals surface area contributed by atoms with E-state index in [4.69, 9.17) is 0 Å². The monoisotopic (exact) mass is 441 g/mol. The van der Waals surface area contributed by atoms with Crippen molar-refractivity contribution >= 4 is 11.8 Å². The van der Waals surface area contributed by atoms with Crippen molar-refractivity contribution in [2.75, 3.05) is 0 Å². The molecule has 0 N–H and O–H groups in total. The van der Waals surface area contributed by atoms with Gasteiger partial charge in [-0.3, -0.25) is 4.57 Å². The quantitative estimate of drug-likeness (QED) is 0.382. The summed E-state index contributed by atoms with van der Waals surface area (Å²) in [7, 11) is 0. The van der Waals surface area contributed by atoms with E-state index in [0.29, 0.717) is 23.2 Å². The molecule has 0 bridgehead atoms. The molecule has 0 saturated heterocycles. The molecule has 2 heterocycles. The van der Waals surface area contributed by atoms with Crippen LogP contribution in [0.4, 0.5) is 8.78 Å². The fraction of sp³-hybridized carbons (Fsp3) is 0.250. The number of hydrogen-bond acceptors (Lipinski definition) is 7. The number of hydrogen-bond donors (Lipinski definition) is 0. The van der Waals surface area contributed by atoms with E-state index in [-0.39, 0.29) is 5.75 Å². The molecule has 4 aromatic rings. The minimum Gasteiger partial charge on any atom is -0.435 e. The maximum absolute atomic E-state index is 12.4.